The van der Waals surface area contributed by atoms with E-state index in [-0.39, 0.29) is 27.6 Å². The van der Waals surface area contributed by atoms with Crippen molar-refractivity contribution in [3.8, 4) is 11.1 Å². The van der Waals surface area contributed by atoms with E-state index in [9.17, 15) is 13.0 Å². The van der Waals surface area contributed by atoms with Gasteiger partial charge in [0.2, 0.25) is 0 Å². The fraction of sp³-hybridized carbons (Fsp3) is 0.591. The van der Waals surface area contributed by atoms with Gasteiger partial charge in [0.05, 0.1) is 0 Å². The fourth-order valence-electron chi connectivity index (χ4n) is 9.37. The molecule has 3 nitrogen and oxygen atoms in total. The molecule has 0 radical (unpaired) electrons. The summed E-state index contributed by atoms with van der Waals surface area (Å²) in [7, 11) is -4.38. The van der Waals surface area contributed by atoms with E-state index in [0.717, 1.165) is 62.5 Å². The van der Waals surface area contributed by atoms with E-state index in [1.165, 1.54) is 71.9 Å². The van der Waals surface area contributed by atoms with Crippen LogP contribution in [0, 0.1) is 0 Å². The first-order valence-corrected chi connectivity index (χ1v) is 20.5. The first-order chi connectivity index (χ1) is 22.7. The predicted octanol–water partition coefficient (Wildman–Crippen LogP) is 12.7. The SMILES string of the molecule is CC(C)(C)c1ccc(-c2ccc(C(C)(C)C)c(C3CCCC(c4cc(C5CCCCC5)cc(C5CCCCC5)c4S(=O)(=O)O)C3)c2)cc1. The zero-order chi connectivity index (χ0) is 34.3. The van der Waals surface area contributed by atoms with E-state index in [4.69, 9.17) is 0 Å². The average molecular weight is 669 g/mol. The highest BCUT2D eigenvalue weighted by Gasteiger charge is 2.35. The first-order valence-electron chi connectivity index (χ1n) is 19.1. The first kappa shape index (κ1) is 35.4. The van der Waals surface area contributed by atoms with Crippen molar-refractivity contribution in [3.05, 3.63) is 88.0 Å². The van der Waals surface area contributed by atoms with E-state index < -0.39 is 10.1 Å². The number of rotatable bonds is 6. The number of hydrogen-bond donors (Lipinski definition) is 1. The Balaban J connectivity index is 1.42. The summed E-state index contributed by atoms with van der Waals surface area (Å²) >= 11 is 0. The van der Waals surface area contributed by atoms with E-state index in [0.29, 0.717) is 11.8 Å². The Bertz CT molecular complexity index is 1670. The number of hydrogen-bond acceptors (Lipinski definition) is 2. The molecule has 1 N–H and O–H groups in total. The minimum atomic E-state index is -4.38. The van der Waals surface area contributed by atoms with Crippen LogP contribution in [-0.2, 0) is 20.9 Å². The molecule has 0 saturated heterocycles. The highest BCUT2D eigenvalue weighted by Crippen LogP contribution is 2.49. The minimum absolute atomic E-state index is 0.00839. The molecular weight excluding hydrogens is 609 g/mol. The van der Waals surface area contributed by atoms with Crippen LogP contribution in [0.4, 0.5) is 0 Å². The topological polar surface area (TPSA) is 54.4 Å². The summed E-state index contributed by atoms with van der Waals surface area (Å²) in [6.07, 6.45) is 15.7. The molecule has 3 aliphatic carbocycles. The van der Waals surface area contributed by atoms with Crippen molar-refractivity contribution in [2.45, 2.75) is 171 Å². The molecule has 48 heavy (non-hydrogen) atoms. The molecule has 3 fully saturated rings. The van der Waals surface area contributed by atoms with Gasteiger partial charge in [-0.1, -0.05) is 141 Å². The highest BCUT2D eigenvalue weighted by atomic mass is 32.2. The van der Waals surface area contributed by atoms with Crippen molar-refractivity contribution in [2.75, 3.05) is 0 Å². The predicted molar refractivity (Wildman–Crippen MR) is 201 cm³/mol. The van der Waals surface area contributed by atoms with Crippen LogP contribution in [0.25, 0.3) is 11.1 Å². The van der Waals surface area contributed by atoms with E-state index >= 15 is 0 Å². The lowest BCUT2D eigenvalue weighted by Crippen LogP contribution is -2.22. The van der Waals surface area contributed by atoms with Gasteiger partial charge in [0.1, 0.15) is 4.90 Å². The van der Waals surface area contributed by atoms with Gasteiger partial charge in [-0.15, -0.1) is 0 Å². The van der Waals surface area contributed by atoms with Gasteiger partial charge in [-0.2, -0.15) is 8.42 Å². The van der Waals surface area contributed by atoms with Gasteiger partial charge in [0.25, 0.3) is 10.1 Å². The summed E-state index contributed by atoms with van der Waals surface area (Å²) in [5.41, 5.74) is 9.90. The molecule has 260 valence electrons. The molecule has 4 heteroatoms. The molecule has 0 aliphatic heterocycles. The van der Waals surface area contributed by atoms with Gasteiger partial charge >= 0.3 is 0 Å². The molecule has 0 aromatic heterocycles. The molecule has 0 heterocycles. The molecule has 3 aromatic rings. The van der Waals surface area contributed by atoms with Crippen LogP contribution < -0.4 is 0 Å². The third-order valence-electron chi connectivity index (χ3n) is 12.0. The normalized spacial score (nSPS) is 22.1. The maximum absolute atomic E-state index is 13.4. The van der Waals surface area contributed by atoms with E-state index in [2.05, 4.69) is 96.1 Å². The maximum Gasteiger partial charge on any atom is 0.295 e. The minimum Gasteiger partial charge on any atom is -0.282 e. The third kappa shape index (κ3) is 7.81. The molecule has 3 aliphatic rings. The van der Waals surface area contributed by atoms with Crippen LogP contribution in [0.3, 0.4) is 0 Å². The van der Waals surface area contributed by atoms with Crippen molar-refractivity contribution in [2.24, 2.45) is 0 Å². The van der Waals surface area contributed by atoms with Gasteiger partial charge in [0, 0.05) is 0 Å². The molecule has 3 aromatic carbocycles. The second-order valence-electron chi connectivity index (χ2n) is 17.6. The van der Waals surface area contributed by atoms with Crippen LogP contribution in [0.1, 0.15) is 188 Å². The zero-order valence-electron chi connectivity index (χ0n) is 30.6. The van der Waals surface area contributed by atoms with Crippen molar-refractivity contribution in [1.82, 2.24) is 0 Å². The van der Waals surface area contributed by atoms with Gasteiger partial charge in [-0.3, -0.25) is 4.55 Å². The zero-order valence-corrected chi connectivity index (χ0v) is 31.4. The van der Waals surface area contributed by atoms with Crippen molar-refractivity contribution in [3.63, 3.8) is 0 Å². The van der Waals surface area contributed by atoms with Gasteiger partial charge in [-0.25, -0.2) is 0 Å². The molecule has 3 saturated carbocycles. The largest absolute Gasteiger partial charge is 0.295 e. The Morgan fingerprint density at radius 2 is 1.04 bits per heavy atom. The maximum atomic E-state index is 13.4. The molecular formula is C44H60O3S. The van der Waals surface area contributed by atoms with Gasteiger partial charge in [-0.05, 0) is 124 Å². The quantitative estimate of drug-likeness (QED) is 0.266. The van der Waals surface area contributed by atoms with E-state index in [1.807, 2.05) is 0 Å². The molecule has 0 spiro atoms. The lowest BCUT2D eigenvalue weighted by molar-refractivity contribution is 0.379. The summed E-state index contributed by atoms with van der Waals surface area (Å²) in [5, 5.41) is 0. The van der Waals surface area contributed by atoms with Crippen LogP contribution in [0.15, 0.2) is 59.5 Å². The molecule has 2 unspecified atom stereocenters. The summed E-state index contributed by atoms with van der Waals surface area (Å²) in [4.78, 5) is 0.267. The summed E-state index contributed by atoms with van der Waals surface area (Å²) in [6, 6.07) is 20.6. The van der Waals surface area contributed by atoms with Crippen LogP contribution >= 0.6 is 0 Å². The second-order valence-corrected chi connectivity index (χ2v) is 19.0. The van der Waals surface area contributed by atoms with Crippen LogP contribution in [0.2, 0.25) is 0 Å². The smallest absolute Gasteiger partial charge is 0.282 e. The number of benzene rings is 3. The molecule has 0 amide bonds. The standard InChI is InChI=1S/C44H60O3S/c1-43(2,3)37-23-20-31(21-24-37)33-22-25-41(44(4,5)6)38(27-33)34-18-13-19-35(26-34)40-29-36(30-14-9-7-10-15-30)28-39(42(40)48(45,46)47)32-16-11-8-12-17-32/h20-25,27-30,32,34-35H,7-19,26H2,1-6H3,(H,45,46,47). The van der Waals surface area contributed by atoms with Crippen molar-refractivity contribution in [1.29, 1.82) is 0 Å². The summed E-state index contributed by atoms with van der Waals surface area (Å²) in [6.45, 7) is 13.7. The summed E-state index contributed by atoms with van der Waals surface area (Å²) in [5.74, 6) is 1.14. The molecule has 2 atom stereocenters. The Labute approximate surface area is 292 Å². The lowest BCUT2D eigenvalue weighted by atomic mass is 9.70. The fourth-order valence-corrected chi connectivity index (χ4v) is 10.4. The highest BCUT2D eigenvalue weighted by molar-refractivity contribution is 7.86. The van der Waals surface area contributed by atoms with Crippen LogP contribution in [-0.4, -0.2) is 13.0 Å². The van der Waals surface area contributed by atoms with E-state index in [1.54, 1.807) is 0 Å². The second kappa shape index (κ2) is 14.1. The Morgan fingerprint density at radius 3 is 1.58 bits per heavy atom. The monoisotopic (exact) mass is 668 g/mol. The van der Waals surface area contributed by atoms with Crippen LogP contribution in [0.5, 0.6) is 0 Å². The van der Waals surface area contributed by atoms with Crippen molar-refractivity contribution >= 4 is 10.1 Å². The summed E-state index contributed by atoms with van der Waals surface area (Å²) < 4.78 is 37.8. The Hall–Kier alpha value is -2.43. The Kier molecular flexibility index (Phi) is 10.4. The third-order valence-corrected chi connectivity index (χ3v) is 13.0. The molecule has 6 rings (SSSR count). The average Bonchev–Trinajstić information content (AvgIpc) is 3.07. The Morgan fingerprint density at radius 1 is 0.542 bits per heavy atom. The lowest BCUT2D eigenvalue weighted by Gasteiger charge is -2.36. The van der Waals surface area contributed by atoms with Gasteiger partial charge < -0.3 is 0 Å². The van der Waals surface area contributed by atoms with Crippen molar-refractivity contribution < 1.29 is 13.0 Å². The molecule has 0 bridgehead atoms. The van der Waals surface area contributed by atoms with Gasteiger partial charge in [0.15, 0.2) is 0 Å².